The van der Waals surface area contributed by atoms with Gasteiger partial charge in [0.15, 0.2) is 5.82 Å². The molecule has 2 N–H and O–H groups in total. The summed E-state index contributed by atoms with van der Waals surface area (Å²) in [5, 5.41) is 3.54. The summed E-state index contributed by atoms with van der Waals surface area (Å²) in [6.07, 6.45) is 5.21. The number of aromatic nitrogens is 3. The number of H-pyrrole nitrogens is 1. The number of para-hydroxylation sites is 2. The summed E-state index contributed by atoms with van der Waals surface area (Å²) in [5.74, 6) is 1.43. The van der Waals surface area contributed by atoms with Crippen molar-refractivity contribution in [1.29, 1.82) is 0 Å². The van der Waals surface area contributed by atoms with E-state index in [9.17, 15) is 4.79 Å². The van der Waals surface area contributed by atoms with E-state index < -0.39 is 0 Å². The van der Waals surface area contributed by atoms with E-state index in [1.165, 1.54) is 12.8 Å². The van der Waals surface area contributed by atoms with Crippen molar-refractivity contribution in [3.05, 3.63) is 83.8 Å². The first-order valence-corrected chi connectivity index (χ1v) is 10.2. The van der Waals surface area contributed by atoms with Crippen molar-refractivity contribution in [2.24, 2.45) is 0 Å². The van der Waals surface area contributed by atoms with Crippen LogP contribution in [0.1, 0.15) is 47.1 Å². The average molecular weight is 398 g/mol. The number of carbonyl (C=O) groups excluding carboxylic acids is 1. The lowest BCUT2D eigenvalue weighted by Crippen LogP contribution is -2.27. The Morgan fingerprint density at radius 1 is 1.00 bits per heavy atom. The van der Waals surface area contributed by atoms with Crippen molar-refractivity contribution in [3.8, 4) is 11.6 Å². The molecule has 6 nitrogen and oxygen atoms in total. The number of imidazole rings is 1. The number of fused-ring (bicyclic) bond motifs is 1. The molecule has 1 saturated heterocycles. The summed E-state index contributed by atoms with van der Waals surface area (Å²) in [6, 6.07) is 19.0. The number of hydrogen-bond donors (Lipinski definition) is 2. The third-order valence-electron chi connectivity index (χ3n) is 5.42. The molecule has 30 heavy (non-hydrogen) atoms. The maximum atomic E-state index is 12.8. The molecular formula is C24H22N4O2. The Labute approximate surface area is 174 Å². The first-order chi connectivity index (χ1) is 14.8. The summed E-state index contributed by atoms with van der Waals surface area (Å²) in [4.78, 5) is 24.7. The zero-order valence-corrected chi connectivity index (χ0v) is 16.5. The van der Waals surface area contributed by atoms with Crippen LogP contribution >= 0.6 is 0 Å². The molecule has 1 aliphatic rings. The van der Waals surface area contributed by atoms with E-state index >= 15 is 0 Å². The normalized spacial score (nSPS) is 16.5. The Morgan fingerprint density at radius 2 is 1.87 bits per heavy atom. The molecule has 0 bridgehead atoms. The Kier molecular flexibility index (Phi) is 4.99. The number of pyridine rings is 1. The van der Waals surface area contributed by atoms with Gasteiger partial charge in [-0.05, 0) is 61.9 Å². The molecule has 3 heterocycles. The monoisotopic (exact) mass is 398 g/mol. The van der Waals surface area contributed by atoms with Crippen LogP contribution in [0.25, 0.3) is 11.0 Å². The first kappa shape index (κ1) is 18.5. The molecule has 1 fully saturated rings. The lowest BCUT2D eigenvalue weighted by atomic mass is 9.98. The van der Waals surface area contributed by atoms with Gasteiger partial charge < -0.3 is 15.0 Å². The number of hydrogen-bond acceptors (Lipinski definition) is 5. The van der Waals surface area contributed by atoms with Crippen LogP contribution < -0.4 is 10.1 Å². The third-order valence-corrected chi connectivity index (χ3v) is 5.42. The first-order valence-electron chi connectivity index (χ1n) is 10.2. The number of benzene rings is 2. The molecule has 150 valence electrons. The van der Waals surface area contributed by atoms with E-state index in [0.717, 1.165) is 29.6 Å². The summed E-state index contributed by atoms with van der Waals surface area (Å²) in [7, 11) is 0. The molecule has 1 aliphatic heterocycles. The molecule has 1 atom stereocenters. The predicted molar refractivity (Wildman–Crippen MR) is 115 cm³/mol. The van der Waals surface area contributed by atoms with Gasteiger partial charge in [-0.15, -0.1) is 0 Å². The smallest absolute Gasteiger partial charge is 0.228 e. The van der Waals surface area contributed by atoms with E-state index in [-0.39, 0.29) is 11.8 Å². The minimum Gasteiger partial charge on any atom is -0.439 e. The second-order valence-corrected chi connectivity index (χ2v) is 7.46. The number of ether oxygens (including phenoxy) is 1. The van der Waals surface area contributed by atoms with E-state index in [2.05, 4.69) is 26.3 Å². The van der Waals surface area contributed by atoms with Crippen LogP contribution in [0.4, 0.5) is 0 Å². The van der Waals surface area contributed by atoms with Crippen molar-refractivity contribution in [2.45, 2.75) is 25.3 Å². The highest BCUT2D eigenvalue weighted by Gasteiger charge is 2.20. The van der Waals surface area contributed by atoms with Gasteiger partial charge in [-0.2, -0.15) is 0 Å². The van der Waals surface area contributed by atoms with Crippen molar-refractivity contribution in [1.82, 2.24) is 20.3 Å². The summed E-state index contributed by atoms with van der Waals surface area (Å²) < 4.78 is 6.07. The van der Waals surface area contributed by atoms with Crippen LogP contribution in [0.3, 0.4) is 0 Å². The molecule has 0 aliphatic carbocycles. The number of piperidine rings is 1. The number of carbonyl (C=O) groups is 1. The molecule has 0 saturated carbocycles. The van der Waals surface area contributed by atoms with E-state index in [1.807, 2.05) is 30.3 Å². The Morgan fingerprint density at radius 3 is 2.67 bits per heavy atom. The van der Waals surface area contributed by atoms with Crippen molar-refractivity contribution < 1.29 is 9.53 Å². The van der Waals surface area contributed by atoms with Gasteiger partial charge in [-0.3, -0.25) is 4.79 Å². The highest BCUT2D eigenvalue weighted by atomic mass is 16.5. The second kappa shape index (κ2) is 8.08. The van der Waals surface area contributed by atoms with Crippen LogP contribution in [-0.2, 0) is 0 Å². The highest BCUT2D eigenvalue weighted by molar-refractivity contribution is 6.08. The molecule has 6 heteroatoms. The van der Waals surface area contributed by atoms with E-state index in [4.69, 9.17) is 4.74 Å². The lowest BCUT2D eigenvalue weighted by Gasteiger charge is -2.25. The quantitative estimate of drug-likeness (QED) is 0.472. The van der Waals surface area contributed by atoms with Crippen LogP contribution in [-0.4, -0.2) is 27.3 Å². The van der Waals surface area contributed by atoms with Crippen molar-refractivity contribution >= 4 is 16.8 Å². The van der Waals surface area contributed by atoms with Crippen LogP contribution in [0.15, 0.2) is 66.9 Å². The minimum absolute atomic E-state index is 0.150. The summed E-state index contributed by atoms with van der Waals surface area (Å²) in [5.41, 5.74) is 3.25. The molecule has 0 spiro atoms. The topological polar surface area (TPSA) is 79.9 Å². The van der Waals surface area contributed by atoms with Gasteiger partial charge in [0.25, 0.3) is 0 Å². The number of nitrogens with one attached hydrogen (secondary N) is 2. The largest absolute Gasteiger partial charge is 0.439 e. The summed E-state index contributed by atoms with van der Waals surface area (Å²) >= 11 is 0. The lowest BCUT2D eigenvalue weighted by molar-refractivity contribution is 0.103. The molecule has 5 rings (SSSR count). The number of nitrogens with zero attached hydrogens (tertiary/aromatic N) is 2. The number of rotatable bonds is 5. The Balaban J connectivity index is 1.35. The van der Waals surface area contributed by atoms with Gasteiger partial charge in [0.1, 0.15) is 5.75 Å². The zero-order valence-electron chi connectivity index (χ0n) is 16.5. The third kappa shape index (κ3) is 3.69. The van der Waals surface area contributed by atoms with Crippen LogP contribution in [0, 0.1) is 0 Å². The van der Waals surface area contributed by atoms with E-state index in [0.29, 0.717) is 23.0 Å². The maximum Gasteiger partial charge on any atom is 0.228 e. The molecule has 2 aromatic carbocycles. The average Bonchev–Trinajstić information content (AvgIpc) is 3.24. The second-order valence-electron chi connectivity index (χ2n) is 7.46. The van der Waals surface area contributed by atoms with Gasteiger partial charge in [-0.25, -0.2) is 9.97 Å². The van der Waals surface area contributed by atoms with Crippen molar-refractivity contribution in [3.63, 3.8) is 0 Å². The minimum atomic E-state index is -0.150. The van der Waals surface area contributed by atoms with Gasteiger partial charge in [0.2, 0.25) is 11.7 Å². The van der Waals surface area contributed by atoms with Crippen LogP contribution in [0.5, 0.6) is 11.6 Å². The number of aromatic amines is 1. The van der Waals surface area contributed by atoms with Crippen molar-refractivity contribution in [2.75, 3.05) is 6.54 Å². The van der Waals surface area contributed by atoms with Gasteiger partial charge in [0.05, 0.1) is 11.0 Å². The fourth-order valence-electron chi connectivity index (χ4n) is 3.85. The molecule has 0 amide bonds. The standard InChI is InChI=1S/C24H22N4O2/c29-22(23-27-20-8-1-2-9-21(20)28-23)16-10-12-17(13-11-16)30-24-18(6-5-15-26-24)19-7-3-4-14-25-19/h1-2,5-6,8-13,15,19,25H,3-4,7,14H2,(H,27,28). The Bertz CT molecular complexity index is 1140. The zero-order chi connectivity index (χ0) is 20.3. The van der Waals surface area contributed by atoms with Gasteiger partial charge in [-0.1, -0.05) is 24.6 Å². The molecule has 2 aromatic heterocycles. The fraction of sp³-hybridized carbons (Fsp3) is 0.208. The fourth-order valence-corrected chi connectivity index (χ4v) is 3.85. The molecule has 4 aromatic rings. The summed E-state index contributed by atoms with van der Waals surface area (Å²) in [6.45, 7) is 1.01. The SMILES string of the molecule is O=C(c1ccc(Oc2ncccc2C2CCCCN2)cc1)c1nc2ccccc2[nH]1. The molecular weight excluding hydrogens is 376 g/mol. The van der Waals surface area contributed by atoms with Gasteiger partial charge >= 0.3 is 0 Å². The Hall–Kier alpha value is -3.51. The maximum absolute atomic E-state index is 12.8. The predicted octanol–water partition coefficient (Wildman–Crippen LogP) is 4.80. The molecule has 1 unspecified atom stereocenters. The highest BCUT2D eigenvalue weighted by Crippen LogP contribution is 2.31. The van der Waals surface area contributed by atoms with Crippen LogP contribution in [0.2, 0.25) is 0 Å². The van der Waals surface area contributed by atoms with Gasteiger partial charge in [0, 0.05) is 23.4 Å². The molecule has 0 radical (unpaired) electrons. The van der Waals surface area contributed by atoms with E-state index in [1.54, 1.807) is 30.5 Å². The number of ketones is 1.